The third-order valence-electron chi connectivity index (χ3n) is 2.39. The fraction of sp³-hybridized carbons (Fsp3) is 1.00. The summed E-state index contributed by atoms with van der Waals surface area (Å²) in [5.41, 5.74) is 0. The maximum atomic E-state index is 11.0. The van der Waals surface area contributed by atoms with Gasteiger partial charge in [0, 0.05) is 0 Å². The summed E-state index contributed by atoms with van der Waals surface area (Å²) in [6.45, 7) is 2.05. The summed E-state index contributed by atoms with van der Waals surface area (Å²) >= 11 is 0. The molecule has 0 saturated carbocycles. The van der Waals surface area contributed by atoms with Crippen LogP contribution < -0.4 is 4.90 Å². The van der Waals surface area contributed by atoms with Gasteiger partial charge in [0.05, 0.1) is 5.75 Å². The van der Waals surface area contributed by atoms with Gasteiger partial charge in [-0.1, -0.05) is 0 Å². The van der Waals surface area contributed by atoms with Crippen LogP contribution in [0.25, 0.3) is 0 Å². The van der Waals surface area contributed by atoms with Crippen molar-refractivity contribution in [3.63, 3.8) is 0 Å². The molecule has 0 amide bonds. The van der Waals surface area contributed by atoms with E-state index in [0.717, 1.165) is 13.1 Å². The predicted octanol–water partition coefficient (Wildman–Crippen LogP) is -2.96. The van der Waals surface area contributed by atoms with E-state index in [9.17, 15) is 13.5 Å². The minimum atomic E-state index is -2.92. The molecule has 2 aliphatic rings. The molecule has 0 aromatic heterocycles. The summed E-state index contributed by atoms with van der Waals surface area (Å²) in [4.78, 5) is 1.25. The Kier molecular flexibility index (Phi) is 1.49. The second-order valence-corrected chi connectivity index (χ2v) is 5.56. The SMILES string of the molecule is O=S1(=O)C[C@H](O)[C@@H]([NH+]2CC2)C1. The van der Waals surface area contributed by atoms with Crippen LogP contribution in [-0.2, 0) is 9.84 Å². The Morgan fingerprint density at radius 3 is 2.27 bits per heavy atom. The highest BCUT2D eigenvalue weighted by Crippen LogP contribution is 2.10. The Labute approximate surface area is 65.7 Å². The molecular weight excluding hydrogens is 166 g/mol. The highest BCUT2D eigenvalue weighted by atomic mass is 32.2. The number of sulfone groups is 1. The average molecular weight is 178 g/mol. The van der Waals surface area contributed by atoms with Gasteiger partial charge >= 0.3 is 0 Å². The summed E-state index contributed by atoms with van der Waals surface area (Å²) < 4.78 is 22.0. The number of rotatable bonds is 1. The molecule has 11 heavy (non-hydrogen) atoms. The highest BCUT2D eigenvalue weighted by molar-refractivity contribution is 7.91. The maximum absolute atomic E-state index is 11.0. The van der Waals surface area contributed by atoms with Crippen LogP contribution in [0.15, 0.2) is 0 Å². The van der Waals surface area contributed by atoms with Crippen molar-refractivity contribution in [2.75, 3.05) is 24.6 Å². The monoisotopic (exact) mass is 178 g/mol. The average Bonchev–Trinajstić information content (AvgIpc) is 2.59. The lowest BCUT2D eigenvalue weighted by molar-refractivity contribution is -0.790. The van der Waals surface area contributed by atoms with Gasteiger partial charge in [-0.25, -0.2) is 8.42 Å². The van der Waals surface area contributed by atoms with Gasteiger partial charge in [0.15, 0.2) is 9.84 Å². The number of hydrogen-bond acceptors (Lipinski definition) is 3. The first-order valence-electron chi connectivity index (χ1n) is 3.81. The van der Waals surface area contributed by atoms with E-state index in [1.54, 1.807) is 0 Å². The van der Waals surface area contributed by atoms with E-state index < -0.39 is 15.9 Å². The van der Waals surface area contributed by atoms with Gasteiger partial charge < -0.3 is 10.0 Å². The van der Waals surface area contributed by atoms with Gasteiger partial charge in [0.2, 0.25) is 0 Å². The minimum Gasteiger partial charge on any atom is -0.386 e. The first-order valence-corrected chi connectivity index (χ1v) is 5.64. The van der Waals surface area contributed by atoms with Crippen LogP contribution >= 0.6 is 0 Å². The number of hydrogen-bond donors (Lipinski definition) is 2. The third kappa shape index (κ3) is 1.40. The molecule has 64 valence electrons. The molecule has 2 aliphatic heterocycles. The standard InChI is InChI=1S/C6H11NO3S/c8-6-4-11(9,10)3-5(6)7-1-2-7/h5-6,8H,1-4H2/p+1/t5-,6-/m0/s1. The van der Waals surface area contributed by atoms with Gasteiger partial charge in [-0.3, -0.25) is 0 Å². The maximum Gasteiger partial charge on any atom is 0.159 e. The quantitative estimate of drug-likeness (QED) is 0.422. The van der Waals surface area contributed by atoms with E-state index >= 15 is 0 Å². The number of aliphatic hydroxyl groups is 1. The molecule has 5 heteroatoms. The molecule has 0 aromatic carbocycles. The van der Waals surface area contributed by atoms with E-state index in [-0.39, 0.29) is 17.5 Å². The summed E-state index contributed by atoms with van der Waals surface area (Å²) in [7, 11) is -2.92. The van der Waals surface area contributed by atoms with Gasteiger partial charge in [-0.2, -0.15) is 0 Å². The molecule has 2 N–H and O–H groups in total. The summed E-state index contributed by atoms with van der Waals surface area (Å²) in [6, 6.07) is -0.0278. The van der Waals surface area contributed by atoms with Crippen LogP contribution in [0.1, 0.15) is 0 Å². The van der Waals surface area contributed by atoms with E-state index in [0.29, 0.717) is 0 Å². The Balaban J connectivity index is 2.13. The van der Waals surface area contributed by atoms with Crippen LogP contribution in [0.3, 0.4) is 0 Å². The molecule has 0 unspecified atom stereocenters. The highest BCUT2D eigenvalue weighted by Gasteiger charge is 2.47. The zero-order valence-corrected chi connectivity index (χ0v) is 6.97. The predicted molar refractivity (Wildman–Crippen MR) is 39.1 cm³/mol. The second kappa shape index (κ2) is 2.18. The van der Waals surface area contributed by atoms with Crippen molar-refractivity contribution in [3.05, 3.63) is 0 Å². The number of aliphatic hydroxyl groups excluding tert-OH is 1. The smallest absolute Gasteiger partial charge is 0.159 e. The first-order chi connectivity index (χ1) is 5.08. The molecule has 0 aliphatic carbocycles. The van der Waals surface area contributed by atoms with Crippen molar-refractivity contribution in [2.24, 2.45) is 0 Å². The molecular formula is C6H12NO3S+. The fourth-order valence-electron chi connectivity index (χ4n) is 1.66. The molecule has 2 heterocycles. The molecule has 2 rings (SSSR count). The van der Waals surface area contributed by atoms with Crippen molar-refractivity contribution < 1.29 is 18.4 Å². The van der Waals surface area contributed by atoms with Crippen molar-refractivity contribution in [1.82, 2.24) is 0 Å². The Bertz CT molecular complexity index is 257. The van der Waals surface area contributed by atoms with Crippen LogP contribution in [0.4, 0.5) is 0 Å². The molecule has 2 saturated heterocycles. The molecule has 2 fully saturated rings. The van der Waals surface area contributed by atoms with E-state index in [2.05, 4.69) is 0 Å². The summed E-state index contributed by atoms with van der Waals surface area (Å²) in [5.74, 6) is 0.157. The van der Waals surface area contributed by atoms with Gasteiger partial charge in [-0.05, 0) is 0 Å². The fourth-order valence-corrected chi connectivity index (χ4v) is 3.56. The Morgan fingerprint density at radius 2 is 1.91 bits per heavy atom. The first kappa shape index (κ1) is 7.52. The molecule has 2 atom stereocenters. The van der Waals surface area contributed by atoms with E-state index in [1.165, 1.54) is 4.90 Å². The zero-order valence-electron chi connectivity index (χ0n) is 6.16. The van der Waals surface area contributed by atoms with Crippen LogP contribution in [-0.4, -0.2) is 50.3 Å². The summed E-state index contributed by atoms with van der Waals surface area (Å²) in [6.07, 6.45) is -0.613. The third-order valence-corrected chi connectivity index (χ3v) is 4.10. The van der Waals surface area contributed by atoms with Crippen molar-refractivity contribution >= 4 is 9.84 Å². The van der Waals surface area contributed by atoms with E-state index in [1.807, 2.05) is 0 Å². The number of quaternary nitrogens is 1. The second-order valence-electron chi connectivity index (χ2n) is 3.41. The van der Waals surface area contributed by atoms with Crippen LogP contribution in [0.2, 0.25) is 0 Å². The summed E-state index contributed by atoms with van der Waals surface area (Å²) in [5, 5.41) is 9.33. The Hall–Kier alpha value is -0.130. The molecule has 0 spiro atoms. The largest absolute Gasteiger partial charge is 0.386 e. The molecule has 0 aromatic rings. The van der Waals surface area contributed by atoms with Crippen molar-refractivity contribution in [2.45, 2.75) is 12.1 Å². The topological polar surface area (TPSA) is 58.8 Å². The van der Waals surface area contributed by atoms with Gasteiger partial charge in [0.1, 0.15) is 31.0 Å². The van der Waals surface area contributed by atoms with E-state index in [4.69, 9.17) is 0 Å². The normalized spacial score (nSPS) is 42.6. The lowest BCUT2D eigenvalue weighted by Crippen LogP contribution is -3.00. The zero-order chi connectivity index (χ0) is 8.06. The van der Waals surface area contributed by atoms with Crippen LogP contribution in [0.5, 0.6) is 0 Å². The minimum absolute atomic E-state index is 0.0266. The Morgan fingerprint density at radius 1 is 1.27 bits per heavy atom. The van der Waals surface area contributed by atoms with Crippen molar-refractivity contribution in [1.29, 1.82) is 0 Å². The molecule has 4 nitrogen and oxygen atoms in total. The molecule has 0 bridgehead atoms. The van der Waals surface area contributed by atoms with Crippen molar-refractivity contribution in [3.8, 4) is 0 Å². The molecule has 0 radical (unpaired) electrons. The lowest BCUT2D eigenvalue weighted by Gasteiger charge is -2.08. The lowest BCUT2D eigenvalue weighted by atomic mass is 10.2. The van der Waals surface area contributed by atoms with Gasteiger partial charge in [-0.15, -0.1) is 0 Å². The van der Waals surface area contributed by atoms with Gasteiger partial charge in [0.25, 0.3) is 0 Å². The van der Waals surface area contributed by atoms with Crippen LogP contribution in [0, 0.1) is 0 Å². The number of nitrogens with one attached hydrogen (secondary N) is 1.